The fourth-order valence-electron chi connectivity index (χ4n) is 11.9. The summed E-state index contributed by atoms with van der Waals surface area (Å²) in [5.74, 6) is -11.3. The summed E-state index contributed by atoms with van der Waals surface area (Å²) in [5.41, 5.74) is 8.32. The number of hydrogen-bond donors (Lipinski definition) is 16. The van der Waals surface area contributed by atoms with E-state index in [1.165, 1.54) is 13.8 Å². The van der Waals surface area contributed by atoms with Crippen molar-refractivity contribution in [3.63, 3.8) is 0 Å². The predicted molar refractivity (Wildman–Crippen MR) is 382 cm³/mol. The lowest BCUT2D eigenvalue weighted by atomic mass is 9.97. The van der Waals surface area contributed by atoms with Crippen LogP contribution in [-0.4, -0.2) is 284 Å². The molecule has 31 nitrogen and oxygen atoms in total. The van der Waals surface area contributed by atoms with Gasteiger partial charge in [-0.15, -0.1) is 0 Å². The van der Waals surface area contributed by atoms with Crippen LogP contribution in [0.1, 0.15) is 49.8 Å². The van der Waals surface area contributed by atoms with E-state index >= 15 is 19.2 Å². The van der Waals surface area contributed by atoms with Crippen LogP contribution in [0.25, 0.3) is 21.7 Å². The number of aliphatic carboxylic acids is 3. The zero-order valence-corrected chi connectivity index (χ0v) is 58.6. The van der Waals surface area contributed by atoms with Crippen LogP contribution in [0.3, 0.4) is 0 Å². The minimum Gasteiger partial charge on any atom is -0.480 e. The number of nitrogens with one attached hydrogen (secondary N) is 9. The number of aliphatic hydroxyl groups excluding tert-OH is 3. The van der Waals surface area contributed by atoms with E-state index < -0.39 is 152 Å². The molecular weight excluding hydrogens is 1360 g/mol. The molecule has 10 atom stereocenters. The van der Waals surface area contributed by atoms with Gasteiger partial charge in [-0.05, 0) is 73.2 Å². The lowest BCUT2D eigenvalue weighted by Gasteiger charge is -2.33. The van der Waals surface area contributed by atoms with Crippen LogP contribution in [-0.2, 0) is 72.0 Å². The number of nitrogens with zero attached hydrogens (tertiary/aromatic N) is 4. The Morgan fingerprint density at radius 2 is 1.09 bits per heavy atom. The first-order valence-corrected chi connectivity index (χ1v) is 36.3. The summed E-state index contributed by atoms with van der Waals surface area (Å²) in [6, 6.07) is 16.5. The molecule has 0 radical (unpaired) electrons. The van der Waals surface area contributed by atoms with E-state index in [4.69, 9.17) is 5.73 Å². The maximum Gasteiger partial charge on any atom is 0.317 e. The summed E-state index contributed by atoms with van der Waals surface area (Å²) >= 11 is 0. The third kappa shape index (κ3) is 25.6. The second kappa shape index (κ2) is 40.8. The molecule has 0 spiro atoms. The third-order valence-electron chi connectivity index (χ3n) is 17.5. The van der Waals surface area contributed by atoms with Gasteiger partial charge in [0.05, 0.1) is 51.0 Å². The Morgan fingerprint density at radius 3 is 1.67 bits per heavy atom. The van der Waals surface area contributed by atoms with Crippen LogP contribution in [0.4, 0.5) is 0 Å². The van der Waals surface area contributed by atoms with Crippen LogP contribution in [0.15, 0.2) is 103 Å². The zero-order valence-electron chi connectivity index (χ0n) is 57.0. The predicted octanol–water partition coefficient (Wildman–Crippen LogP) is -2.02. The fraction of sp³-hybridized carbons (Fsp3) is 0.493. The first kappa shape index (κ1) is 80.5. The number of rotatable bonds is 26. The molecule has 2 fully saturated rings. The number of amides is 8. The number of hydrogen-bond acceptors (Lipinski definition) is 21. The van der Waals surface area contributed by atoms with Crippen molar-refractivity contribution in [3.05, 3.63) is 120 Å². The lowest BCUT2D eigenvalue weighted by Crippen LogP contribution is -2.62. The van der Waals surface area contributed by atoms with Crippen LogP contribution < -0.4 is 48.3 Å². The summed E-state index contributed by atoms with van der Waals surface area (Å²) in [7, 11) is 1.86. The van der Waals surface area contributed by atoms with Crippen molar-refractivity contribution in [2.24, 2.45) is 5.73 Å². The van der Waals surface area contributed by atoms with Crippen molar-refractivity contribution in [2.75, 3.05) is 103 Å². The van der Waals surface area contributed by atoms with Crippen molar-refractivity contribution in [1.29, 1.82) is 0 Å². The highest BCUT2D eigenvalue weighted by molar-refractivity contribution is 8.76. The monoisotopic (exact) mass is 1450 g/mol. The maximum atomic E-state index is 15.5. The van der Waals surface area contributed by atoms with Crippen LogP contribution in [0, 0.1) is 0 Å². The van der Waals surface area contributed by atoms with E-state index in [2.05, 4.69) is 47.5 Å². The van der Waals surface area contributed by atoms with Gasteiger partial charge in [-0.2, -0.15) is 0 Å². The number of nitrogens with two attached hydrogens (primary N) is 1. The molecule has 3 heterocycles. The van der Waals surface area contributed by atoms with E-state index in [1.54, 1.807) is 80.4 Å². The molecule has 7 rings (SSSR count). The molecule has 17 N–H and O–H groups in total. The number of benzene rings is 4. The Kier molecular flexibility index (Phi) is 32.2. The first-order chi connectivity index (χ1) is 48.9. The highest BCUT2D eigenvalue weighted by Crippen LogP contribution is 2.26. The molecule has 2 aliphatic heterocycles. The molecule has 1 aromatic heterocycles. The number of unbranched alkanes of at least 4 members (excludes halogenated alkanes) is 1. The highest BCUT2D eigenvalue weighted by Gasteiger charge is 2.38. The molecular formula is C69H94N14O17S2. The summed E-state index contributed by atoms with van der Waals surface area (Å²) in [6.07, 6.45) is -1.11. The van der Waals surface area contributed by atoms with Crippen molar-refractivity contribution in [3.8, 4) is 0 Å². The molecule has 554 valence electrons. The van der Waals surface area contributed by atoms with E-state index in [1.807, 2.05) is 42.5 Å². The smallest absolute Gasteiger partial charge is 0.317 e. The average molecular weight is 1460 g/mol. The van der Waals surface area contributed by atoms with Gasteiger partial charge in [0.25, 0.3) is 0 Å². The standard InChI is InChI=1S/C69H94N14O17S2/c1-42(85)55(39-84)76-68(99)57-41-102-101-40-56(77-64(95)52(31-44-13-4-3-5-14-44)72-58(87)35-80-23-25-81(36-59(88)89)27-29-83(38-61(92)93)30-28-82(26-24-80)37-60(90)91)67(98)75-53(32-46-17-12-16-45-15-6-7-18-48(45)46)66(97)74-54(33-47-34-71-50-20-9-8-19-49(47)50)65(96)73-51(21-10-11-22-70)63(94)79-62(43(2)86)69(100)78-57/h3-9,12-20,34,42-43,51-57,62,71,84-86H,10-11,21-33,35-41,70H2,1-2H3,(H,72,87)(H,73,96)(H,74,97)(H,75,98)(H,76,99)(H,77,95)(H,78,100)(H,79,94)(H,88,89)(H,90,91)(H,92,93)/t42-,43+,51+,52-,53?,54-,55-,56+,57?,62?/m1/s1. The number of para-hydroxylation sites is 1. The van der Waals surface area contributed by atoms with Gasteiger partial charge in [0, 0.05) is 100 Å². The SMILES string of the molecule is C[C@H](O)C1NC(=O)[C@H](CCCCN)NC(=O)[C@@H](Cc2c[nH]c3ccccc23)NC(=O)C(Cc2cccc3ccccc23)NC(=O)[C@@H](NC(=O)[C@@H](Cc2ccccc2)NC(=O)CN2CCN(CC(=O)O)CCN(CC(=O)O)CCN(CC(=O)O)CC2)CSSCC(C(=O)N[C@H](CO)[C@@H](C)O)NC1=O. The summed E-state index contributed by atoms with van der Waals surface area (Å²) in [5, 5.41) is 85.1. The van der Waals surface area contributed by atoms with E-state index in [0.717, 1.165) is 32.4 Å². The van der Waals surface area contributed by atoms with Gasteiger partial charge in [-0.1, -0.05) is 113 Å². The maximum absolute atomic E-state index is 15.5. The number of carbonyl (C=O) groups excluding carboxylic acids is 8. The molecule has 0 bridgehead atoms. The van der Waals surface area contributed by atoms with Crippen LogP contribution in [0.5, 0.6) is 0 Å². The van der Waals surface area contributed by atoms with Crippen LogP contribution >= 0.6 is 21.6 Å². The van der Waals surface area contributed by atoms with E-state index in [9.17, 15) is 64.2 Å². The molecule has 2 saturated heterocycles. The molecule has 5 aromatic rings. The van der Waals surface area contributed by atoms with Gasteiger partial charge in [-0.3, -0.25) is 72.3 Å². The van der Waals surface area contributed by atoms with Crippen molar-refractivity contribution in [1.82, 2.24) is 67.1 Å². The number of fused-ring (bicyclic) bond motifs is 2. The number of carboxylic acids is 3. The number of aliphatic hydroxyl groups is 3. The fourth-order valence-corrected chi connectivity index (χ4v) is 14.2. The number of carbonyl (C=O) groups is 11. The zero-order chi connectivity index (χ0) is 73.8. The number of H-pyrrole nitrogens is 1. The third-order valence-corrected chi connectivity index (χ3v) is 20.0. The van der Waals surface area contributed by atoms with Crippen molar-refractivity contribution < 1.29 is 83.4 Å². The molecule has 33 heteroatoms. The first-order valence-electron chi connectivity index (χ1n) is 33.8. The highest BCUT2D eigenvalue weighted by atomic mass is 33.1. The number of aromatic amines is 1. The Balaban J connectivity index is 1.28. The van der Waals surface area contributed by atoms with Gasteiger partial charge in [0.1, 0.15) is 42.3 Å². The van der Waals surface area contributed by atoms with Gasteiger partial charge < -0.3 is 83.9 Å². The Hall–Kier alpha value is -8.77. The normalized spacial score (nSPS) is 21.8. The molecule has 8 amide bonds. The quantitative estimate of drug-likeness (QED) is 0.0210. The Bertz CT molecular complexity index is 3630. The van der Waals surface area contributed by atoms with Crippen molar-refractivity contribution >= 4 is 108 Å². The summed E-state index contributed by atoms with van der Waals surface area (Å²) in [4.78, 5) is 165. The van der Waals surface area contributed by atoms with Gasteiger partial charge in [0.15, 0.2) is 0 Å². The van der Waals surface area contributed by atoms with Gasteiger partial charge >= 0.3 is 17.9 Å². The molecule has 4 aromatic carbocycles. The minimum atomic E-state index is -1.76. The summed E-state index contributed by atoms with van der Waals surface area (Å²) in [6.45, 7) is 1.21. The Morgan fingerprint density at radius 1 is 0.569 bits per heavy atom. The molecule has 2 aliphatic rings. The minimum absolute atomic E-state index is 0.0399. The molecule has 102 heavy (non-hydrogen) atoms. The van der Waals surface area contributed by atoms with E-state index in [0.29, 0.717) is 34.0 Å². The van der Waals surface area contributed by atoms with Crippen LogP contribution in [0.2, 0.25) is 0 Å². The van der Waals surface area contributed by atoms with Gasteiger partial charge in [0.2, 0.25) is 47.3 Å². The number of carboxylic acid groups (broad SMARTS) is 3. The Labute approximate surface area is 597 Å². The largest absolute Gasteiger partial charge is 0.480 e. The van der Waals surface area contributed by atoms with Crippen molar-refractivity contribution in [2.45, 2.75) is 113 Å². The average Bonchev–Trinajstić information content (AvgIpc) is 1.51. The second-order valence-corrected chi connectivity index (χ2v) is 28.0. The molecule has 0 saturated carbocycles. The summed E-state index contributed by atoms with van der Waals surface area (Å²) < 4.78 is 0. The van der Waals surface area contributed by atoms with E-state index in [-0.39, 0.29) is 109 Å². The number of aromatic nitrogens is 1. The molecule has 0 aliphatic carbocycles. The second-order valence-electron chi connectivity index (χ2n) is 25.4. The lowest BCUT2D eigenvalue weighted by molar-refractivity contribution is -0.140. The van der Waals surface area contributed by atoms with Gasteiger partial charge in [-0.25, -0.2) is 0 Å². The molecule has 3 unspecified atom stereocenters. The topological polar surface area (TPSA) is 460 Å².